The maximum Gasteiger partial charge on any atom is 0.257 e. The van der Waals surface area contributed by atoms with Crippen LogP contribution in [0.5, 0.6) is 5.88 Å². The third kappa shape index (κ3) is 2.66. The predicted octanol–water partition coefficient (Wildman–Crippen LogP) is 1.32. The molecule has 94 valence electrons. The number of nitrogens with zero attached hydrogens (tertiary/aromatic N) is 1. The van der Waals surface area contributed by atoms with E-state index in [4.69, 9.17) is 4.74 Å². The Kier molecular flexibility index (Phi) is 3.78. The zero-order valence-electron chi connectivity index (χ0n) is 10.0. The van der Waals surface area contributed by atoms with Crippen LogP contribution in [0.4, 0.5) is 0 Å². The quantitative estimate of drug-likeness (QED) is 0.832. The number of hydrogen-bond acceptors (Lipinski definition) is 4. The SMILES string of the molecule is CCCc1c(O)nc(C2CCCOC2)[nH]c1=O. The summed E-state index contributed by atoms with van der Waals surface area (Å²) < 4.78 is 5.35. The van der Waals surface area contributed by atoms with Crippen molar-refractivity contribution in [2.24, 2.45) is 0 Å². The summed E-state index contributed by atoms with van der Waals surface area (Å²) in [6.07, 6.45) is 3.27. The molecule has 2 heterocycles. The molecule has 0 bridgehead atoms. The van der Waals surface area contributed by atoms with Crippen molar-refractivity contribution in [1.29, 1.82) is 0 Å². The maximum absolute atomic E-state index is 11.8. The van der Waals surface area contributed by atoms with Gasteiger partial charge in [-0.25, -0.2) is 0 Å². The van der Waals surface area contributed by atoms with Gasteiger partial charge in [0.15, 0.2) is 0 Å². The van der Waals surface area contributed by atoms with Crippen molar-refractivity contribution in [1.82, 2.24) is 9.97 Å². The minimum atomic E-state index is -0.222. The highest BCUT2D eigenvalue weighted by molar-refractivity contribution is 5.23. The minimum Gasteiger partial charge on any atom is -0.493 e. The molecule has 1 atom stereocenters. The number of ether oxygens (including phenoxy) is 1. The van der Waals surface area contributed by atoms with Crippen molar-refractivity contribution in [2.45, 2.75) is 38.5 Å². The number of nitrogens with one attached hydrogen (secondary N) is 1. The summed E-state index contributed by atoms with van der Waals surface area (Å²) in [5, 5.41) is 9.76. The average molecular weight is 238 g/mol. The average Bonchev–Trinajstić information content (AvgIpc) is 2.35. The molecule has 5 heteroatoms. The van der Waals surface area contributed by atoms with Crippen LogP contribution in [0.1, 0.15) is 43.5 Å². The van der Waals surface area contributed by atoms with Crippen LogP contribution in [0.2, 0.25) is 0 Å². The standard InChI is InChI=1S/C12H18N2O3/c1-2-4-9-11(15)13-10(14-12(9)16)8-5-3-6-17-7-8/h8H,2-7H2,1H3,(H2,13,14,15,16). The molecule has 1 aliphatic rings. The largest absolute Gasteiger partial charge is 0.493 e. The highest BCUT2D eigenvalue weighted by Crippen LogP contribution is 2.23. The van der Waals surface area contributed by atoms with E-state index in [9.17, 15) is 9.90 Å². The molecule has 1 saturated heterocycles. The van der Waals surface area contributed by atoms with Gasteiger partial charge in [-0.3, -0.25) is 4.79 Å². The Morgan fingerprint density at radius 1 is 1.59 bits per heavy atom. The van der Waals surface area contributed by atoms with Gasteiger partial charge < -0.3 is 14.8 Å². The second kappa shape index (κ2) is 5.31. The molecule has 0 aromatic carbocycles. The van der Waals surface area contributed by atoms with Crippen LogP contribution >= 0.6 is 0 Å². The Morgan fingerprint density at radius 3 is 3.00 bits per heavy atom. The van der Waals surface area contributed by atoms with Gasteiger partial charge in [-0.15, -0.1) is 0 Å². The summed E-state index contributed by atoms with van der Waals surface area (Å²) in [6.45, 7) is 3.29. The van der Waals surface area contributed by atoms with E-state index in [0.29, 0.717) is 24.4 Å². The van der Waals surface area contributed by atoms with Gasteiger partial charge in [0.25, 0.3) is 5.56 Å². The lowest BCUT2D eigenvalue weighted by atomic mass is 10.0. The highest BCUT2D eigenvalue weighted by atomic mass is 16.5. The molecule has 0 spiro atoms. The van der Waals surface area contributed by atoms with Crippen LogP contribution in [-0.2, 0) is 11.2 Å². The molecular weight excluding hydrogens is 220 g/mol. The fraction of sp³-hybridized carbons (Fsp3) is 0.667. The fourth-order valence-corrected chi connectivity index (χ4v) is 2.13. The van der Waals surface area contributed by atoms with E-state index >= 15 is 0 Å². The van der Waals surface area contributed by atoms with Gasteiger partial charge in [-0.1, -0.05) is 13.3 Å². The van der Waals surface area contributed by atoms with Crippen LogP contribution in [0.25, 0.3) is 0 Å². The van der Waals surface area contributed by atoms with Crippen molar-refractivity contribution < 1.29 is 9.84 Å². The molecule has 0 saturated carbocycles. The molecule has 1 aliphatic heterocycles. The smallest absolute Gasteiger partial charge is 0.257 e. The van der Waals surface area contributed by atoms with Crippen LogP contribution in [-0.4, -0.2) is 28.3 Å². The third-order valence-corrected chi connectivity index (χ3v) is 3.06. The first-order chi connectivity index (χ1) is 8.22. The normalized spacial score (nSPS) is 20.4. The Hall–Kier alpha value is -1.36. The molecule has 1 unspecified atom stereocenters. The van der Waals surface area contributed by atoms with E-state index in [0.717, 1.165) is 25.9 Å². The summed E-state index contributed by atoms with van der Waals surface area (Å²) in [5.41, 5.74) is 0.160. The van der Waals surface area contributed by atoms with Crippen LogP contribution in [0.15, 0.2) is 4.79 Å². The van der Waals surface area contributed by atoms with E-state index in [2.05, 4.69) is 9.97 Å². The lowest BCUT2D eigenvalue weighted by molar-refractivity contribution is 0.0778. The minimum absolute atomic E-state index is 0.0954. The molecule has 2 N–H and O–H groups in total. The summed E-state index contributed by atoms with van der Waals surface area (Å²) in [4.78, 5) is 18.7. The summed E-state index contributed by atoms with van der Waals surface area (Å²) in [5.74, 6) is 0.515. The number of aromatic hydroxyl groups is 1. The number of rotatable bonds is 3. The van der Waals surface area contributed by atoms with Crippen molar-refractivity contribution in [3.05, 3.63) is 21.7 Å². The number of hydrogen-bond donors (Lipinski definition) is 2. The van der Waals surface area contributed by atoms with Gasteiger partial charge in [-0.2, -0.15) is 4.98 Å². The van der Waals surface area contributed by atoms with E-state index in [1.165, 1.54) is 0 Å². The number of aromatic amines is 1. The Morgan fingerprint density at radius 2 is 2.41 bits per heavy atom. The first kappa shape index (κ1) is 12.1. The zero-order chi connectivity index (χ0) is 12.3. The summed E-state index contributed by atoms with van der Waals surface area (Å²) >= 11 is 0. The zero-order valence-corrected chi connectivity index (χ0v) is 10.0. The maximum atomic E-state index is 11.8. The van der Waals surface area contributed by atoms with Gasteiger partial charge >= 0.3 is 0 Å². The van der Waals surface area contributed by atoms with Crippen molar-refractivity contribution >= 4 is 0 Å². The molecule has 0 aliphatic carbocycles. The Bertz CT molecular complexity index is 436. The first-order valence-electron chi connectivity index (χ1n) is 6.12. The molecule has 17 heavy (non-hydrogen) atoms. The van der Waals surface area contributed by atoms with Crippen LogP contribution in [0, 0.1) is 0 Å². The molecule has 2 rings (SSSR count). The Balaban J connectivity index is 2.27. The van der Waals surface area contributed by atoms with Gasteiger partial charge in [0.1, 0.15) is 5.82 Å². The highest BCUT2D eigenvalue weighted by Gasteiger charge is 2.20. The molecule has 1 fully saturated rings. The van der Waals surface area contributed by atoms with E-state index < -0.39 is 0 Å². The van der Waals surface area contributed by atoms with E-state index in [1.54, 1.807) is 0 Å². The van der Waals surface area contributed by atoms with E-state index in [1.807, 2.05) is 6.92 Å². The van der Waals surface area contributed by atoms with E-state index in [-0.39, 0.29) is 17.4 Å². The van der Waals surface area contributed by atoms with Crippen molar-refractivity contribution in [3.63, 3.8) is 0 Å². The number of H-pyrrole nitrogens is 1. The number of aromatic nitrogens is 2. The van der Waals surface area contributed by atoms with Gasteiger partial charge in [0.2, 0.25) is 5.88 Å². The lowest BCUT2D eigenvalue weighted by Crippen LogP contribution is -2.23. The fourth-order valence-electron chi connectivity index (χ4n) is 2.13. The molecule has 0 amide bonds. The molecule has 5 nitrogen and oxygen atoms in total. The first-order valence-corrected chi connectivity index (χ1v) is 6.12. The summed E-state index contributed by atoms with van der Waals surface area (Å²) in [6, 6.07) is 0. The lowest BCUT2D eigenvalue weighted by Gasteiger charge is -2.21. The topological polar surface area (TPSA) is 75.2 Å². The van der Waals surface area contributed by atoms with Crippen molar-refractivity contribution in [2.75, 3.05) is 13.2 Å². The molecule has 1 aromatic heterocycles. The molecular formula is C12H18N2O3. The second-order valence-electron chi connectivity index (χ2n) is 4.42. The predicted molar refractivity (Wildman–Crippen MR) is 63.3 cm³/mol. The molecule has 0 radical (unpaired) electrons. The second-order valence-corrected chi connectivity index (χ2v) is 4.42. The van der Waals surface area contributed by atoms with Gasteiger partial charge in [0.05, 0.1) is 12.2 Å². The molecule has 1 aromatic rings. The van der Waals surface area contributed by atoms with Crippen LogP contribution in [0.3, 0.4) is 0 Å². The third-order valence-electron chi connectivity index (χ3n) is 3.06. The van der Waals surface area contributed by atoms with Crippen LogP contribution < -0.4 is 5.56 Å². The van der Waals surface area contributed by atoms with Gasteiger partial charge in [-0.05, 0) is 19.3 Å². The Labute approximate surface area is 99.9 Å². The van der Waals surface area contributed by atoms with Crippen molar-refractivity contribution in [3.8, 4) is 5.88 Å². The van der Waals surface area contributed by atoms with Gasteiger partial charge in [0, 0.05) is 12.5 Å². The monoisotopic (exact) mass is 238 g/mol. The summed E-state index contributed by atoms with van der Waals surface area (Å²) in [7, 11) is 0.